The van der Waals surface area contributed by atoms with E-state index in [1.54, 1.807) is 0 Å². The van der Waals surface area contributed by atoms with E-state index in [9.17, 15) is 0 Å². The minimum Gasteiger partial charge on any atom is -0.488 e. The van der Waals surface area contributed by atoms with Gasteiger partial charge in [-0.15, -0.1) is 0 Å². The topological polar surface area (TPSA) is 24.5 Å². The van der Waals surface area contributed by atoms with Crippen LogP contribution in [-0.4, -0.2) is 37.2 Å². The molecule has 1 saturated heterocycles. The number of aryl methyl sites for hydroxylation is 1. The molecule has 0 saturated carbocycles. The van der Waals surface area contributed by atoms with Gasteiger partial charge in [-0.2, -0.15) is 0 Å². The van der Waals surface area contributed by atoms with Crippen molar-refractivity contribution in [2.45, 2.75) is 25.9 Å². The number of hydrogen-bond donors (Lipinski definition) is 1. The average Bonchev–Trinajstić information content (AvgIpc) is 2.33. The van der Waals surface area contributed by atoms with Gasteiger partial charge in [0.05, 0.1) is 0 Å². The first-order valence-corrected chi connectivity index (χ1v) is 6.61. The molecule has 0 aromatic heterocycles. The molecule has 92 valence electrons. The number of nitrogens with one attached hydrogen (secondary N) is 1. The summed E-state index contributed by atoms with van der Waals surface area (Å²) in [4.78, 5) is 2.39. The Morgan fingerprint density at radius 1 is 1.41 bits per heavy atom. The third-order valence-corrected chi connectivity index (χ3v) is 3.69. The van der Waals surface area contributed by atoms with Crippen LogP contribution in [0.25, 0.3) is 0 Å². The van der Waals surface area contributed by atoms with Crippen LogP contribution in [0.5, 0.6) is 5.75 Å². The van der Waals surface area contributed by atoms with Crippen LogP contribution in [0.15, 0.2) is 18.2 Å². The first kappa shape index (κ1) is 10.9. The fourth-order valence-corrected chi connectivity index (χ4v) is 2.56. The van der Waals surface area contributed by atoms with Gasteiger partial charge in [-0.25, -0.2) is 0 Å². The first-order chi connectivity index (χ1) is 8.35. The van der Waals surface area contributed by atoms with Gasteiger partial charge in [-0.3, -0.25) is 4.90 Å². The lowest BCUT2D eigenvalue weighted by molar-refractivity contribution is 0.0239. The summed E-state index contributed by atoms with van der Waals surface area (Å²) in [7, 11) is 0. The van der Waals surface area contributed by atoms with Crippen molar-refractivity contribution in [2.24, 2.45) is 0 Å². The van der Waals surface area contributed by atoms with Crippen molar-refractivity contribution in [1.82, 2.24) is 4.90 Å². The molecule has 2 heterocycles. The van der Waals surface area contributed by atoms with E-state index in [2.05, 4.69) is 35.3 Å². The third-order valence-electron chi connectivity index (χ3n) is 3.69. The Kier molecular flexibility index (Phi) is 2.93. The van der Waals surface area contributed by atoms with Crippen LogP contribution in [0, 0.1) is 0 Å². The van der Waals surface area contributed by atoms with Crippen LogP contribution in [-0.2, 0) is 6.42 Å². The number of benzene rings is 1. The van der Waals surface area contributed by atoms with Crippen LogP contribution in [0.4, 0.5) is 5.69 Å². The van der Waals surface area contributed by atoms with Crippen LogP contribution < -0.4 is 10.1 Å². The van der Waals surface area contributed by atoms with E-state index < -0.39 is 0 Å². The Balaban J connectivity index is 1.64. The van der Waals surface area contributed by atoms with E-state index in [0.717, 1.165) is 31.9 Å². The second kappa shape index (κ2) is 4.57. The summed E-state index contributed by atoms with van der Waals surface area (Å²) in [6.07, 6.45) is 2.81. The van der Waals surface area contributed by atoms with Gasteiger partial charge < -0.3 is 10.1 Å². The normalized spacial score (nSPS) is 20.3. The molecular weight excluding hydrogens is 212 g/mol. The van der Waals surface area contributed by atoms with Gasteiger partial charge in [0, 0.05) is 31.4 Å². The molecule has 3 nitrogen and oxygen atoms in total. The molecule has 0 atom stereocenters. The fourth-order valence-electron chi connectivity index (χ4n) is 2.56. The summed E-state index contributed by atoms with van der Waals surface area (Å²) < 4.78 is 5.97. The van der Waals surface area contributed by atoms with Gasteiger partial charge in [0.25, 0.3) is 0 Å². The molecule has 2 aliphatic rings. The number of hydrogen-bond acceptors (Lipinski definition) is 3. The zero-order valence-corrected chi connectivity index (χ0v) is 10.4. The van der Waals surface area contributed by atoms with Crippen molar-refractivity contribution in [3.05, 3.63) is 23.8 Å². The lowest BCUT2D eigenvalue weighted by Crippen LogP contribution is -2.53. The van der Waals surface area contributed by atoms with Gasteiger partial charge in [-0.1, -0.05) is 13.0 Å². The summed E-state index contributed by atoms with van der Waals surface area (Å²) >= 11 is 0. The van der Waals surface area contributed by atoms with Crippen LogP contribution in [0.3, 0.4) is 0 Å². The lowest BCUT2D eigenvalue weighted by Gasteiger charge is -2.38. The second-order valence-corrected chi connectivity index (χ2v) is 4.94. The number of rotatable bonds is 3. The molecule has 0 radical (unpaired) electrons. The van der Waals surface area contributed by atoms with Gasteiger partial charge in [0.15, 0.2) is 0 Å². The molecule has 1 fully saturated rings. The summed E-state index contributed by atoms with van der Waals surface area (Å²) in [6, 6.07) is 6.47. The van der Waals surface area contributed by atoms with Crippen molar-refractivity contribution in [2.75, 3.05) is 31.5 Å². The fraction of sp³-hybridized carbons (Fsp3) is 0.571. The zero-order valence-electron chi connectivity index (χ0n) is 10.4. The Labute approximate surface area is 103 Å². The molecule has 3 heteroatoms. The number of likely N-dealkylation sites (N-methyl/N-ethyl adjacent to an activating group) is 1. The molecule has 0 spiro atoms. The molecule has 1 N–H and O–H groups in total. The Morgan fingerprint density at radius 3 is 3.12 bits per heavy atom. The van der Waals surface area contributed by atoms with Crippen molar-refractivity contribution < 1.29 is 4.74 Å². The molecule has 3 rings (SSSR count). The van der Waals surface area contributed by atoms with Gasteiger partial charge in [-0.05, 0) is 31.0 Å². The van der Waals surface area contributed by atoms with Crippen LogP contribution in [0.2, 0.25) is 0 Å². The van der Waals surface area contributed by atoms with E-state index in [4.69, 9.17) is 4.74 Å². The quantitative estimate of drug-likeness (QED) is 0.864. The van der Waals surface area contributed by atoms with E-state index >= 15 is 0 Å². The highest BCUT2D eigenvalue weighted by Crippen LogP contribution is 2.28. The Morgan fingerprint density at radius 2 is 2.29 bits per heavy atom. The first-order valence-electron chi connectivity index (χ1n) is 6.61. The molecule has 1 aromatic rings. The molecule has 2 aliphatic heterocycles. The standard InChI is InChI=1S/C14H20N2O/c1-2-16-9-13(10-16)17-12-6-5-11-4-3-7-15-14(11)8-12/h5-6,8,13,15H,2-4,7,9-10H2,1H3. The minimum absolute atomic E-state index is 0.386. The summed E-state index contributed by atoms with van der Waals surface area (Å²) in [5.41, 5.74) is 2.69. The minimum atomic E-state index is 0.386. The van der Waals surface area contributed by atoms with Gasteiger partial charge in [0.2, 0.25) is 0 Å². The summed E-state index contributed by atoms with van der Waals surface area (Å²) in [5, 5.41) is 3.44. The molecule has 0 bridgehead atoms. The SMILES string of the molecule is CCN1CC(Oc2ccc3c(c2)NCCC3)C1. The lowest BCUT2D eigenvalue weighted by atomic mass is 10.0. The van der Waals surface area contributed by atoms with E-state index in [-0.39, 0.29) is 0 Å². The number of anilines is 1. The van der Waals surface area contributed by atoms with E-state index in [1.807, 2.05) is 0 Å². The molecule has 1 aromatic carbocycles. The maximum Gasteiger partial charge on any atom is 0.124 e. The molecular formula is C14H20N2O. The average molecular weight is 232 g/mol. The van der Waals surface area contributed by atoms with Gasteiger partial charge in [0.1, 0.15) is 11.9 Å². The molecule has 17 heavy (non-hydrogen) atoms. The zero-order chi connectivity index (χ0) is 11.7. The molecule has 0 aliphatic carbocycles. The van der Waals surface area contributed by atoms with Crippen LogP contribution >= 0.6 is 0 Å². The monoisotopic (exact) mass is 232 g/mol. The molecule has 0 amide bonds. The number of nitrogens with zero attached hydrogens (tertiary/aromatic N) is 1. The van der Waals surface area contributed by atoms with Crippen molar-refractivity contribution in [3.63, 3.8) is 0 Å². The van der Waals surface area contributed by atoms with Crippen molar-refractivity contribution in [1.29, 1.82) is 0 Å². The van der Waals surface area contributed by atoms with Gasteiger partial charge >= 0.3 is 0 Å². The largest absolute Gasteiger partial charge is 0.488 e. The smallest absolute Gasteiger partial charge is 0.124 e. The number of ether oxygens (including phenoxy) is 1. The maximum absolute atomic E-state index is 5.97. The highest BCUT2D eigenvalue weighted by molar-refractivity contribution is 5.56. The van der Waals surface area contributed by atoms with E-state index in [1.165, 1.54) is 24.1 Å². The van der Waals surface area contributed by atoms with Crippen LogP contribution in [0.1, 0.15) is 18.9 Å². The number of likely N-dealkylation sites (tertiary alicyclic amines) is 1. The predicted molar refractivity (Wildman–Crippen MR) is 69.8 cm³/mol. The predicted octanol–water partition coefficient (Wildman–Crippen LogP) is 2.13. The highest BCUT2D eigenvalue weighted by Gasteiger charge is 2.26. The summed E-state index contributed by atoms with van der Waals surface area (Å²) in [5.74, 6) is 1.01. The maximum atomic E-state index is 5.97. The third kappa shape index (κ3) is 2.25. The number of fused-ring (bicyclic) bond motifs is 1. The van der Waals surface area contributed by atoms with Crippen molar-refractivity contribution >= 4 is 5.69 Å². The van der Waals surface area contributed by atoms with Crippen molar-refractivity contribution in [3.8, 4) is 5.75 Å². The Hall–Kier alpha value is -1.22. The van der Waals surface area contributed by atoms with E-state index in [0.29, 0.717) is 6.10 Å². The molecule has 0 unspecified atom stereocenters. The highest BCUT2D eigenvalue weighted by atomic mass is 16.5. The second-order valence-electron chi connectivity index (χ2n) is 4.94. The summed E-state index contributed by atoms with van der Waals surface area (Å²) in [6.45, 7) is 6.55. The Bertz CT molecular complexity index is 399.